The molecule has 0 spiro atoms. The van der Waals surface area contributed by atoms with E-state index in [1.807, 2.05) is 7.05 Å². The molecule has 2 rings (SSSR count). The van der Waals surface area contributed by atoms with E-state index < -0.39 is 0 Å². The monoisotopic (exact) mass is 192 g/mol. The molecule has 0 aromatic carbocycles. The molecule has 14 heavy (non-hydrogen) atoms. The minimum absolute atomic E-state index is 0.0864. The number of aromatic amines is 1. The van der Waals surface area contributed by atoms with Gasteiger partial charge in [-0.05, 0) is 0 Å². The van der Waals surface area contributed by atoms with E-state index >= 15 is 0 Å². The van der Waals surface area contributed by atoms with Crippen LogP contribution in [0.2, 0.25) is 0 Å². The standard InChI is InChI=1S/C8H12N6/c1-14-8(10-5-13-14)2-7(9)6-3-11-12-4-6/h3-5,7H,2,9H2,1H3,(H,11,12). The topological polar surface area (TPSA) is 85.4 Å². The lowest BCUT2D eigenvalue weighted by Gasteiger charge is -2.07. The van der Waals surface area contributed by atoms with E-state index in [9.17, 15) is 0 Å². The van der Waals surface area contributed by atoms with Crippen LogP contribution in [0.1, 0.15) is 17.4 Å². The normalized spacial score (nSPS) is 13.0. The number of hydrogen-bond acceptors (Lipinski definition) is 4. The molecule has 0 aliphatic heterocycles. The summed E-state index contributed by atoms with van der Waals surface area (Å²) in [6.45, 7) is 0. The summed E-state index contributed by atoms with van der Waals surface area (Å²) < 4.78 is 1.72. The maximum atomic E-state index is 5.96. The van der Waals surface area contributed by atoms with E-state index in [1.54, 1.807) is 17.1 Å². The van der Waals surface area contributed by atoms with Crippen molar-refractivity contribution >= 4 is 0 Å². The van der Waals surface area contributed by atoms with Gasteiger partial charge in [-0.25, -0.2) is 4.98 Å². The van der Waals surface area contributed by atoms with Gasteiger partial charge in [-0.1, -0.05) is 0 Å². The number of nitrogens with zero attached hydrogens (tertiary/aromatic N) is 4. The number of hydrogen-bond donors (Lipinski definition) is 2. The van der Waals surface area contributed by atoms with Crippen LogP contribution in [0.5, 0.6) is 0 Å². The van der Waals surface area contributed by atoms with E-state index in [1.165, 1.54) is 6.33 Å². The summed E-state index contributed by atoms with van der Waals surface area (Å²) in [4.78, 5) is 4.11. The van der Waals surface area contributed by atoms with Crippen molar-refractivity contribution in [3.05, 3.63) is 30.1 Å². The van der Waals surface area contributed by atoms with Gasteiger partial charge in [0, 0.05) is 31.3 Å². The molecule has 2 aromatic heterocycles. The van der Waals surface area contributed by atoms with Crippen LogP contribution in [0.4, 0.5) is 0 Å². The minimum atomic E-state index is -0.0864. The van der Waals surface area contributed by atoms with E-state index in [0.29, 0.717) is 6.42 Å². The summed E-state index contributed by atoms with van der Waals surface area (Å²) in [6.07, 6.45) is 5.70. The number of nitrogens with two attached hydrogens (primary N) is 1. The number of H-pyrrole nitrogens is 1. The lowest BCUT2D eigenvalue weighted by molar-refractivity contribution is 0.630. The Hall–Kier alpha value is -1.69. The Morgan fingerprint density at radius 1 is 1.64 bits per heavy atom. The molecule has 0 radical (unpaired) electrons. The van der Waals surface area contributed by atoms with Crippen LogP contribution in [-0.2, 0) is 13.5 Å². The highest BCUT2D eigenvalue weighted by atomic mass is 15.3. The predicted octanol–water partition coefficient (Wildman–Crippen LogP) is -0.219. The molecule has 0 bridgehead atoms. The van der Waals surface area contributed by atoms with Crippen molar-refractivity contribution in [1.29, 1.82) is 0 Å². The average Bonchev–Trinajstić information content (AvgIpc) is 2.77. The van der Waals surface area contributed by atoms with Crippen molar-refractivity contribution in [3.8, 4) is 0 Å². The molecule has 0 aliphatic rings. The van der Waals surface area contributed by atoms with Gasteiger partial charge in [-0.3, -0.25) is 9.78 Å². The fourth-order valence-corrected chi connectivity index (χ4v) is 1.28. The van der Waals surface area contributed by atoms with Crippen LogP contribution in [-0.4, -0.2) is 25.0 Å². The molecular formula is C8H12N6. The Morgan fingerprint density at radius 3 is 3.07 bits per heavy atom. The van der Waals surface area contributed by atoms with Gasteiger partial charge in [-0.2, -0.15) is 10.2 Å². The van der Waals surface area contributed by atoms with E-state index in [4.69, 9.17) is 5.73 Å². The predicted molar refractivity (Wildman–Crippen MR) is 50.2 cm³/mol. The molecule has 6 nitrogen and oxygen atoms in total. The first-order valence-electron chi connectivity index (χ1n) is 4.34. The fourth-order valence-electron chi connectivity index (χ4n) is 1.28. The fraction of sp³-hybridized carbons (Fsp3) is 0.375. The van der Waals surface area contributed by atoms with Crippen LogP contribution in [0, 0.1) is 0 Å². The third-order valence-electron chi connectivity index (χ3n) is 2.16. The van der Waals surface area contributed by atoms with E-state index in [-0.39, 0.29) is 6.04 Å². The quantitative estimate of drug-likeness (QED) is 0.704. The van der Waals surface area contributed by atoms with Crippen LogP contribution in [0.25, 0.3) is 0 Å². The number of aryl methyl sites for hydroxylation is 1. The summed E-state index contributed by atoms with van der Waals surface area (Å²) in [5.74, 6) is 0.874. The summed E-state index contributed by atoms with van der Waals surface area (Å²) in [5.41, 5.74) is 6.94. The highest BCUT2D eigenvalue weighted by Gasteiger charge is 2.10. The van der Waals surface area contributed by atoms with Gasteiger partial charge in [0.25, 0.3) is 0 Å². The maximum absolute atomic E-state index is 5.96. The Balaban J connectivity index is 2.09. The van der Waals surface area contributed by atoms with Gasteiger partial charge >= 0.3 is 0 Å². The Kier molecular flexibility index (Phi) is 2.28. The highest BCUT2D eigenvalue weighted by Crippen LogP contribution is 2.11. The zero-order valence-corrected chi connectivity index (χ0v) is 7.88. The first-order valence-corrected chi connectivity index (χ1v) is 4.34. The van der Waals surface area contributed by atoms with Gasteiger partial charge in [0.15, 0.2) is 0 Å². The lowest BCUT2D eigenvalue weighted by Crippen LogP contribution is -2.15. The molecule has 3 N–H and O–H groups in total. The van der Waals surface area contributed by atoms with Crippen molar-refractivity contribution in [1.82, 2.24) is 25.0 Å². The van der Waals surface area contributed by atoms with E-state index in [0.717, 1.165) is 11.4 Å². The first-order chi connectivity index (χ1) is 6.77. The van der Waals surface area contributed by atoms with Crippen molar-refractivity contribution in [2.24, 2.45) is 12.8 Å². The molecule has 2 heterocycles. The zero-order chi connectivity index (χ0) is 9.97. The molecule has 2 aromatic rings. The van der Waals surface area contributed by atoms with Crippen LogP contribution in [0.3, 0.4) is 0 Å². The summed E-state index contributed by atoms with van der Waals surface area (Å²) in [6, 6.07) is -0.0864. The second kappa shape index (κ2) is 3.59. The second-order valence-corrected chi connectivity index (χ2v) is 3.14. The zero-order valence-electron chi connectivity index (χ0n) is 7.88. The molecule has 6 heteroatoms. The molecule has 0 aliphatic carbocycles. The molecule has 0 saturated carbocycles. The van der Waals surface area contributed by atoms with Gasteiger partial charge in [0.2, 0.25) is 0 Å². The molecule has 1 atom stereocenters. The van der Waals surface area contributed by atoms with Crippen molar-refractivity contribution in [2.45, 2.75) is 12.5 Å². The van der Waals surface area contributed by atoms with Gasteiger partial charge in [0.1, 0.15) is 12.2 Å². The Labute approximate surface area is 81.1 Å². The van der Waals surface area contributed by atoms with Crippen LogP contribution in [0.15, 0.2) is 18.7 Å². The third-order valence-corrected chi connectivity index (χ3v) is 2.16. The molecule has 74 valence electrons. The van der Waals surface area contributed by atoms with Crippen molar-refractivity contribution < 1.29 is 0 Å². The molecule has 0 saturated heterocycles. The molecule has 0 fully saturated rings. The minimum Gasteiger partial charge on any atom is -0.323 e. The maximum Gasteiger partial charge on any atom is 0.138 e. The van der Waals surface area contributed by atoms with Crippen LogP contribution < -0.4 is 5.73 Å². The number of rotatable bonds is 3. The largest absolute Gasteiger partial charge is 0.323 e. The highest BCUT2D eigenvalue weighted by molar-refractivity contribution is 5.10. The summed E-state index contributed by atoms with van der Waals surface area (Å²) in [7, 11) is 1.85. The molecule has 0 amide bonds. The number of aromatic nitrogens is 5. The molecule has 1 unspecified atom stereocenters. The summed E-state index contributed by atoms with van der Waals surface area (Å²) in [5, 5.41) is 10.6. The third kappa shape index (κ3) is 1.64. The van der Waals surface area contributed by atoms with Crippen LogP contribution >= 0.6 is 0 Å². The summed E-state index contributed by atoms with van der Waals surface area (Å²) >= 11 is 0. The van der Waals surface area contributed by atoms with E-state index in [2.05, 4.69) is 20.3 Å². The van der Waals surface area contributed by atoms with Gasteiger partial charge in [-0.15, -0.1) is 0 Å². The van der Waals surface area contributed by atoms with Crippen molar-refractivity contribution in [2.75, 3.05) is 0 Å². The first kappa shape index (κ1) is 8.89. The van der Waals surface area contributed by atoms with Gasteiger partial charge < -0.3 is 5.73 Å². The van der Waals surface area contributed by atoms with Gasteiger partial charge in [0.05, 0.1) is 6.20 Å². The average molecular weight is 192 g/mol. The smallest absolute Gasteiger partial charge is 0.138 e. The SMILES string of the molecule is Cn1ncnc1CC(N)c1cn[nH]c1. The molecular weight excluding hydrogens is 180 g/mol. The Morgan fingerprint density at radius 2 is 2.50 bits per heavy atom. The Bertz CT molecular complexity index is 390. The lowest BCUT2D eigenvalue weighted by atomic mass is 10.1. The van der Waals surface area contributed by atoms with Crippen molar-refractivity contribution in [3.63, 3.8) is 0 Å². The second-order valence-electron chi connectivity index (χ2n) is 3.14. The number of nitrogens with one attached hydrogen (secondary N) is 1.